The van der Waals surface area contributed by atoms with E-state index in [1.54, 1.807) is 20.8 Å². The molecule has 0 unspecified atom stereocenters. The van der Waals surface area contributed by atoms with Gasteiger partial charge in [-0.05, 0) is 33.6 Å². The summed E-state index contributed by atoms with van der Waals surface area (Å²) in [6.07, 6.45) is 2.66. The summed E-state index contributed by atoms with van der Waals surface area (Å²) in [5, 5.41) is 0. The lowest BCUT2D eigenvalue weighted by Gasteiger charge is -2.10. The Morgan fingerprint density at radius 3 is 1.76 bits per heavy atom. The predicted octanol–water partition coefficient (Wildman–Crippen LogP) is 2.62. The number of hydrogen-bond donors (Lipinski definition) is 0. The summed E-state index contributed by atoms with van der Waals surface area (Å²) in [6, 6.07) is 0. The van der Waals surface area contributed by atoms with Gasteiger partial charge >= 0.3 is 11.9 Å². The highest BCUT2D eigenvalue weighted by molar-refractivity contribution is 6.14. The fourth-order valence-electron chi connectivity index (χ4n) is 1.41. The first kappa shape index (κ1) is 15.7. The molecular weight excluding hydrogens is 220 g/mol. The van der Waals surface area contributed by atoms with E-state index in [1.807, 2.05) is 0 Å². The highest BCUT2D eigenvalue weighted by Gasteiger charge is 2.23. The van der Waals surface area contributed by atoms with Crippen LogP contribution in [0.5, 0.6) is 0 Å². The van der Waals surface area contributed by atoms with Gasteiger partial charge in [0.05, 0.1) is 13.2 Å². The summed E-state index contributed by atoms with van der Waals surface area (Å²) in [6.45, 7) is 7.76. The van der Waals surface area contributed by atoms with Crippen LogP contribution in [-0.4, -0.2) is 25.2 Å². The largest absolute Gasteiger partial charge is 0.462 e. The van der Waals surface area contributed by atoms with Crippen molar-refractivity contribution in [2.24, 2.45) is 0 Å². The third kappa shape index (κ3) is 5.52. The average Bonchev–Trinajstić information content (AvgIpc) is 2.27. The molecule has 4 nitrogen and oxygen atoms in total. The maximum absolute atomic E-state index is 11.7. The second-order valence-electron chi connectivity index (χ2n) is 3.70. The molecule has 0 aliphatic heterocycles. The molecule has 0 aromatic carbocycles. The molecule has 0 aromatic rings. The third-order valence-corrected chi connectivity index (χ3v) is 2.29. The smallest absolute Gasteiger partial charge is 0.345 e. The van der Waals surface area contributed by atoms with E-state index < -0.39 is 11.9 Å². The van der Waals surface area contributed by atoms with Gasteiger partial charge in [0, 0.05) is 0 Å². The van der Waals surface area contributed by atoms with Gasteiger partial charge in [0.2, 0.25) is 0 Å². The van der Waals surface area contributed by atoms with E-state index in [0.717, 1.165) is 18.4 Å². The van der Waals surface area contributed by atoms with Crippen LogP contribution in [0.4, 0.5) is 0 Å². The Labute approximate surface area is 103 Å². The van der Waals surface area contributed by atoms with Crippen LogP contribution in [0.3, 0.4) is 0 Å². The first-order chi connectivity index (χ1) is 8.08. The van der Waals surface area contributed by atoms with Gasteiger partial charge in [0.15, 0.2) is 0 Å². The summed E-state index contributed by atoms with van der Waals surface area (Å²) in [4.78, 5) is 23.4. The summed E-state index contributed by atoms with van der Waals surface area (Å²) in [5.74, 6) is -1.17. The van der Waals surface area contributed by atoms with Crippen molar-refractivity contribution in [1.82, 2.24) is 0 Å². The normalized spacial score (nSPS) is 9.65. The zero-order valence-electron chi connectivity index (χ0n) is 11.2. The Balaban J connectivity index is 4.94. The van der Waals surface area contributed by atoms with E-state index in [4.69, 9.17) is 9.47 Å². The minimum Gasteiger partial charge on any atom is -0.462 e. The number of hydrogen-bond acceptors (Lipinski definition) is 4. The lowest BCUT2D eigenvalue weighted by Crippen LogP contribution is -2.20. The molecule has 0 rings (SSSR count). The number of carbonyl (C=O) groups is 2. The van der Waals surface area contributed by atoms with Gasteiger partial charge in [0.1, 0.15) is 5.57 Å². The molecule has 0 spiro atoms. The zero-order chi connectivity index (χ0) is 13.3. The van der Waals surface area contributed by atoms with E-state index >= 15 is 0 Å². The van der Waals surface area contributed by atoms with Crippen LogP contribution in [0.25, 0.3) is 0 Å². The van der Waals surface area contributed by atoms with Crippen LogP contribution < -0.4 is 0 Å². The van der Waals surface area contributed by atoms with E-state index in [1.165, 1.54) is 0 Å². The average molecular weight is 242 g/mol. The molecule has 0 heterocycles. The molecule has 0 saturated heterocycles. The standard InChI is InChI=1S/C13H22O4/c1-5-8-9-10(4)11(12(14)16-6-2)13(15)17-7-3/h5-9H2,1-4H3. The maximum Gasteiger partial charge on any atom is 0.345 e. The second kappa shape index (κ2) is 8.79. The zero-order valence-corrected chi connectivity index (χ0v) is 11.2. The summed E-state index contributed by atoms with van der Waals surface area (Å²) in [5.41, 5.74) is 0.797. The molecule has 0 N–H and O–H groups in total. The number of allylic oxidation sites excluding steroid dienone is 1. The molecule has 0 fully saturated rings. The van der Waals surface area contributed by atoms with Crippen LogP contribution in [0.15, 0.2) is 11.1 Å². The summed E-state index contributed by atoms with van der Waals surface area (Å²) in [7, 11) is 0. The van der Waals surface area contributed by atoms with E-state index in [9.17, 15) is 9.59 Å². The van der Waals surface area contributed by atoms with Crippen molar-refractivity contribution in [2.45, 2.75) is 47.0 Å². The molecule has 0 radical (unpaired) electrons. The fraction of sp³-hybridized carbons (Fsp3) is 0.692. The van der Waals surface area contributed by atoms with Crippen LogP contribution >= 0.6 is 0 Å². The Kier molecular flexibility index (Phi) is 8.11. The highest BCUT2D eigenvalue weighted by Crippen LogP contribution is 2.15. The number of ether oxygens (including phenoxy) is 2. The minimum atomic E-state index is -0.584. The summed E-state index contributed by atoms with van der Waals surface area (Å²) >= 11 is 0. The first-order valence-electron chi connectivity index (χ1n) is 6.12. The number of rotatable bonds is 7. The van der Waals surface area contributed by atoms with Gasteiger partial charge in [-0.1, -0.05) is 18.9 Å². The number of esters is 2. The van der Waals surface area contributed by atoms with Crippen LogP contribution in [-0.2, 0) is 19.1 Å². The lowest BCUT2D eigenvalue weighted by atomic mass is 10.0. The molecule has 0 saturated carbocycles. The fourth-order valence-corrected chi connectivity index (χ4v) is 1.41. The van der Waals surface area contributed by atoms with Crippen molar-refractivity contribution in [3.05, 3.63) is 11.1 Å². The van der Waals surface area contributed by atoms with Gasteiger partial charge in [-0.25, -0.2) is 9.59 Å². The first-order valence-corrected chi connectivity index (χ1v) is 6.12. The van der Waals surface area contributed by atoms with Gasteiger partial charge < -0.3 is 9.47 Å². The van der Waals surface area contributed by atoms with Gasteiger partial charge in [-0.15, -0.1) is 0 Å². The molecule has 17 heavy (non-hydrogen) atoms. The van der Waals surface area contributed by atoms with Gasteiger partial charge in [-0.3, -0.25) is 0 Å². The highest BCUT2D eigenvalue weighted by atomic mass is 16.6. The van der Waals surface area contributed by atoms with Crippen molar-refractivity contribution in [3.8, 4) is 0 Å². The molecule has 98 valence electrons. The molecular formula is C13H22O4. The van der Waals surface area contributed by atoms with Crippen LogP contribution in [0.2, 0.25) is 0 Å². The minimum absolute atomic E-state index is 0.0575. The molecule has 0 aliphatic carbocycles. The molecule has 0 amide bonds. The molecule has 0 atom stereocenters. The Hall–Kier alpha value is -1.32. The number of unbranched alkanes of at least 4 members (excludes halogenated alkanes) is 1. The van der Waals surface area contributed by atoms with E-state index in [2.05, 4.69) is 6.92 Å². The van der Waals surface area contributed by atoms with Gasteiger partial charge in [-0.2, -0.15) is 0 Å². The van der Waals surface area contributed by atoms with Crippen molar-refractivity contribution in [2.75, 3.05) is 13.2 Å². The molecule has 4 heteroatoms. The molecule has 0 aliphatic rings. The van der Waals surface area contributed by atoms with Crippen LogP contribution in [0.1, 0.15) is 47.0 Å². The Bertz CT molecular complexity index is 272. The summed E-state index contributed by atoms with van der Waals surface area (Å²) < 4.78 is 9.75. The Morgan fingerprint density at radius 1 is 0.941 bits per heavy atom. The van der Waals surface area contributed by atoms with Crippen molar-refractivity contribution < 1.29 is 19.1 Å². The van der Waals surface area contributed by atoms with Gasteiger partial charge in [0.25, 0.3) is 0 Å². The van der Waals surface area contributed by atoms with Crippen molar-refractivity contribution in [3.63, 3.8) is 0 Å². The maximum atomic E-state index is 11.7. The number of carbonyl (C=O) groups excluding carboxylic acids is 2. The topological polar surface area (TPSA) is 52.6 Å². The quantitative estimate of drug-likeness (QED) is 0.298. The van der Waals surface area contributed by atoms with E-state index in [0.29, 0.717) is 6.42 Å². The van der Waals surface area contributed by atoms with Crippen molar-refractivity contribution in [1.29, 1.82) is 0 Å². The lowest BCUT2D eigenvalue weighted by molar-refractivity contribution is -0.146. The SMILES string of the molecule is CCCCC(C)=C(C(=O)OCC)C(=O)OCC. The Morgan fingerprint density at radius 2 is 1.41 bits per heavy atom. The third-order valence-electron chi connectivity index (χ3n) is 2.29. The molecule has 0 aromatic heterocycles. The second-order valence-corrected chi connectivity index (χ2v) is 3.70. The monoisotopic (exact) mass is 242 g/mol. The predicted molar refractivity (Wildman–Crippen MR) is 65.5 cm³/mol. The van der Waals surface area contributed by atoms with E-state index in [-0.39, 0.29) is 18.8 Å². The molecule has 0 bridgehead atoms. The van der Waals surface area contributed by atoms with Crippen molar-refractivity contribution >= 4 is 11.9 Å². The van der Waals surface area contributed by atoms with Crippen LogP contribution in [0, 0.1) is 0 Å².